The van der Waals surface area contributed by atoms with Crippen LogP contribution in [0.4, 0.5) is 0 Å². The summed E-state index contributed by atoms with van der Waals surface area (Å²) in [7, 11) is 0. The Kier molecular flexibility index (Phi) is 4.69. The number of hydrogen-bond acceptors (Lipinski definition) is 6. The summed E-state index contributed by atoms with van der Waals surface area (Å²) < 4.78 is 3.60. The predicted octanol–water partition coefficient (Wildman–Crippen LogP) is 4.56. The van der Waals surface area contributed by atoms with Crippen LogP contribution < -0.4 is 5.56 Å². The SMILES string of the molecule is O=C(CSc1nnc2n(-c3ccccc3)c(=O)c3c4c(sc3n12)CCC4)c1ccccc1. The van der Waals surface area contributed by atoms with Gasteiger partial charge in [0.25, 0.3) is 5.56 Å². The second kappa shape index (κ2) is 7.72. The van der Waals surface area contributed by atoms with E-state index in [-0.39, 0.29) is 17.1 Å². The number of carbonyl (C=O) groups excluding carboxylic acids is 1. The van der Waals surface area contributed by atoms with E-state index in [1.54, 1.807) is 15.9 Å². The van der Waals surface area contributed by atoms with Crippen LogP contribution in [0.15, 0.2) is 70.6 Å². The van der Waals surface area contributed by atoms with Gasteiger partial charge in [-0.05, 0) is 37.0 Å². The van der Waals surface area contributed by atoms with Gasteiger partial charge in [-0.1, -0.05) is 60.3 Å². The lowest BCUT2D eigenvalue weighted by Crippen LogP contribution is -2.21. The van der Waals surface area contributed by atoms with Crippen LogP contribution >= 0.6 is 23.1 Å². The highest BCUT2D eigenvalue weighted by atomic mass is 32.2. The fourth-order valence-corrected chi connectivity index (χ4v) is 6.56. The lowest BCUT2D eigenvalue weighted by molar-refractivity contribution is 0.102. The van der Waals surface area contributed by atoms with Crippen LogP contribution in [-0.2, 0) is 12.8 Å². The van der Waals surface area contributed by atoms with Gasteiger partial charge in [0.15, 0.2) is 10.9 Å². The first-order valence-corrected chi connectivity index (χ1v) is 12.2. The monoisotopic (exact) mass is 458 g/mol. The number of rotatable bonds is 5. The van der Waals surface area contributed by atoms with Crippen LogP contribution in [-0.4, -0.2) is 30.7 Å². The first kappa shape index (κ1) is 19.5. The van der Waals surface area contributed by atoms with E-state index in [2.05, 4.69) is 10.2 Å². The third-order valence-corrected chi connectivity index (χ3v) is 7.99. The number of nitrogens with zero attached hydrogens (tertiary/aromatic N) is 4. The Balaban J connectivity index is 1.53. The largest absolute Gasteiger partial charge is 0.293 e. The standard InChI is InChI=1S/C24H18N4O2S2/c29-18(15-8-3-1-4-9-15)14-31-24-26-25-23-27(16-10-5-2-6-11-16)21(30)20-17-12-7-13-19(17)32-22(20)28(23)24/h1-6,8-11H,7,12-14H2. The van der Waals surface area contributed by atoms with Gasteiger partial charge in [0.1, 0.15) is 4.83 Å². The van der Waals surface area contributed by atoms with Crippen LogP contribution in [0.2, 0.25) is 0 Å². The number of aromatic nitrogens is 4. The van der Waals surface area contributed by atoms with E-state index in [1.807, 2.05) is 65.1 Å². The Morgan fingerprint density at radius 3 is 2.53 bits per heavy atom. The van der Waals surface area contributed by atoms with Crippen molar-refractivity contribution in [1.82, 2.24) is 19.2 Å². The molecule has 5 aromatic rings. The Hall–Kier alpha value is -3.23. The molecule has 3 heterocycles. The van der Waals surface area contributed by atoms with Crippen molar-refractivity contribution in [1.29, 1.82) is 0 Å². The van der Waals surface area contributed by atoms with Crippen molar-refractivity contribution in [3.63, 3.8) is 0 Å². The average Bonchev–Trinajstić information content (AvgIpc) is 3.53. The summed E-state index contributed by atoms with van der Waals surface area (Å²) >= 11 is 3.01. The average molecular weight is 459 g/mol. The fourth-order valence-electron chi connectivity index (χ4n) is 4.30. The predicted molar refractivity (Wildman–Crippen MR) is 127 cm³/mol. The molecule has 6 rings (SSSR count). The van der Waals surface area contributed by atoms with E-state index in [1.165, 1.54) is 16.6 Å². The van der Waals surface area contributed by atoms with Crippen LogP contribution in [0.3, 0.4) is 0 Å². The highest BCUT2D eigenvalue weighted by molar-refractivity contribution is 7.99. The Morgan fingerprint density at radius 2 is 1.75 bits per heavy atom. The van der Waals surface area contributed by atoms with E-state index in [4.69, 9.17) is 0 Å². The van der Waals surface area contributed by atoms with E-state index >= 15 is 0 Å². The number of thioether (sulfide) groups is 1. The lowest BCUT2D eigenvalue weighted by Gasteiger charge is -2.10. The summed E-state index contributed by atoms with van der Waals surface area (Å²) in [6.45, 7) is 0. The number of carbonyl (C=O) groups is 1. The van der Waals surface area contributed by atoms with Gasteiger partial charge in [0.05, 0.1) is 16.8 Å². The molecule has 0 spiro atoms. The summed E-state index contributed by atoms with van der Waals surface area (Å²) in [5.41, 5.74) is 2.54. The van der Waals surface area contributed by atoms with Gasteiger partial charge in [-0.25, -0.2) is 8.97 Å². The maximum atomic E-state index is 13.7. The number of fused-ring (bicyclic) bond motifs is 5. The van der Waals surface area contributed by atoms with Crippen LogP contribution in [0, 0.1) is 0 Å². The molecule has 0 radical (unpaired) electrons. The summed E-state index contributed by atoms with van der Waals surface area (Å²) in [4.78, 5) is 28.5. The summed E-state index contributed by atoms with van der Waals surface area (Å²) in [6, 6.07) is 18.8. The van der Waals surface area contributed by atoms with Crippen molar-refractivity contribution in [3.05, 3.63) is 87.0 Å². The lowest BCUT2D eigenvalue weighted by atomic mass is 10.2. The molecule has 0 fully saturated rings. The topological polar surface area (TPSA) is 69.3 Å². The molecule has 1 aliphatic rings. The van der Waals surface area contributed by atoms with Crippen molar-refractivity contribution in [3.8, 4) is 5.69 Å². The maximum Gasteiger partial charge on any atom is 0.268 e. The first-order chi connectivity index (χ1) is 15.7. The zero-order chi connectivity index (χ0) is 21.7. The normalized spacial score (nSPS) is 13.1. The number of para-hydroxylation sites is 1. The van der Waals surface area contributed by atoms with Crippen molar-refractivity contribution in [2.24, 2.45) is 0 Å². The van der Waals surface area contributed by atoms with Gasteiger partial charge < -0.3 is 0 Å². The van der Waals surface area contributed by atoms with Gasteiger partial charge in [-0.2, -0.15) is 0 Å². The minimum Gasteiger partial charge on any atom is -0.293 e. The van der Waals surface area contributed by atoms with E-state index in [9.17, 15) is 9.59 Å². The van der Waals surface area contributed by atoms with Gasteiger partial charge in [-0.3, -0.25) is 9.59 Å². The van der Waals surface area contributed by atoms with Crippen molar-refractivity contribution in [2.45, 2.75) is 24.4 Å². The number of Topliss-reactive ketones (excluding diaryl/α,β-unsaturated/α-hetero) is 1. The highest BCUT2D eigenvalue weighted by Gasteiger charge is 2.26. The molecule has 2 aromatic carbocycles. The Bertz CT molecular complexity index is 1540. The smallest absolute Gasteiger partial charge is 0.268 e. The van der Waals surface area contributed by atoms with Gasteiger partial charge in [0.2, 0.25) is 5.78 Å². The molecule has 0 amide bonds. The van der Waals surface area contributed by atoms with Gasteiger partial charge in [0, 0.05) is 10.4 Å². The molecule has 0 atom stereocenters. The molecule has 32 heavy (non-hydrogen) atoms. The molecule has 8 heteroatoms. The molecule has 0 N–H and O–H groups in total. The molecule has 0 bridgehead atoms. The number of hydrogen-bond donors (Lipinski definition) is 0. The third-order valence-electron chi connectivity index (χ3n) is 5.78. The number of benzene rings is 2. The maximum absolute atomic E-state index is 13.7. The number of aryl methyl sites for hydroxylation is 2. The van der Waals surface area contributed by atoms with E-state index < -0.39 is 0 Å². The minimum absolute atomic E-state index is 0.0358. The van der Waals surface area contributed by atoms with E-state index in [0.29, 0.717) is 16.5 Å². The summed E-state index contributed by atoms with van der Waals surface area (Å²) in [5.74, 6) is 0.763. The second-order valence-electron chi connectivity index (χ2n) is 7.71. The zero-order valence-electron chi connectivity index (χ0n) is 17.0. The van der Waals surface area contributed by atoms with Gasteiger partial charge in [-0.15, -0.1) is 21.5 Å². The first-order valence-electron chi connectivity index (χ1n) is 10.4. The molecule has 3 aromatic heterocycles. The Morgan fingerprint density at radius 1 is 1.00 bits per heavy atom. The van der Waals surface area contributed by atoms with Crippen molar-refractivity contribution < 1.29 is 4.79 Å². The zero-order valence-corrected chi connectivity index (χ0v) is 18.7. The number of ketones is 1. The minimum atomic E-state index is -0.0533. The van der Waals surface area contributed by atoms with E-state index in [0.717, 1.165) is 40.7 Å². The molecular weight excluding hydrogens is 440 g/mol. The molecule has 0 unspecified atom stereocenters. The second-order valence-corrected chi connectivity index (χ2v) is 9.74. The quantitative estimate of drug-likeness (QED) is 0.285. The summed E-state index contributed by atoms with van der Waals surface area (Å²) in [6.07, 6.45) is 3.00. The molecule has 158 valence electrons. The van der Waals surface area contributed by atoms with Crippen LogP contribution in [0.5, 0.6) is 0 Å². The molecule has 0 aliphatic heterocycles. The molecule has 6 nitrogen and oxygen atoms in total. The number of thiophene rings is 1. The molecule has 0 saturated heterocycles. The van der Waals surface area contributed by atoms with Crippen molar-refractivity contribution in [2.75, 3.05) is 5.75 Å². The van der Waals surface area contributed by atoms with Crippen molar-refractivity contribution >= 4 is 44.9 Å². The fraction of sp³-hybridized carbons (Fsp3) is 0.167. The molecule has 0 saturated carbocycles. The van der Waals surface area contributed by atoms with Gasteiger partial charge >= 0.3 is 0 Å². The van der Waals surface area contributed by atoms with Crippen LogP contribution in [0.25, 0.3) is 21.7 Å². The molecular formula is C24H18N4O2S2. The third kappa shape index (κ3) is 3.02. The van der Waals surface area contributed by atoms with Crippen LogP contribution in [0.1, 0.15) is 27.2 Å². The molecule has 1 aliphatic carbocycles. The highest BCUT2D eigenvalue weighted by Crippen LogP contribution is 2.37. The summed E-state index contributed by atoms with van der Waals surface area (Å²) in [5, 5.41) is 10.2. The Labute approximate surface area is 191 Å².